The van der Waals surface area contributed by atoms with Crippen LogP contribution in [0.25, 0.3) is 11.1 Å². The Hall–Kier alpha value is -3.49. The maximum atomic E-state index is 13.9. The maximum Gasteiger partial charge on any atom is 0.277 e. The lowest BCUT2D eigenvalue weighted by Gasteiger charge is -2.23. The number of pyridine rings is 1. The van der Waals surface area contributed by atoms with E-state index in [1.165, 1.54) is 16.7 Å². The van der Waals surface area contributed by atoms with Crippen molar-refractivity contribution in [1.29, 1.82) is 0 Å². The first kappa shape index (κ1) is 27.5. The molecule has 198 valence electrons. The topological polar surface area (TPSA) is 102 Å². The Morgan fingerprint density at radius 2 is 1.82 bits per heavy atom. The van der Waals surface area contributed by atoms with Crippen LogP contribution in [0.4, 0.5) is 0 Å². The highest BCUT2D eigenvalue weighted by Crippen LogP contribution is 2.31. The summed E-state index contributed by atoms with van der Waals surface area (Å²) in [5, 5.41) is 11.3. The predicted octanol–water partition coefficient (Wildman–Crippen LogP) is 6.15. The van der Waals surface area contributed by atoms with E-state index >= 15 is 0 Å². The number of nitrogens with zero attached hydrogens (tertiary/aromatic N) is 3. The number of aromatic hydroxyl groups is 1. The predicted molar refractivity (Wildman–Crippen MR) is 149 cm³/mol. The minimum atomic E-state index is -4.39. The molecule has 0 radical (unpaired) electrons. The molecule has 2 aromatic heterocycles. The van der Waals surface area contributed by atoms with Crippen molar-refractivity contribution in [3.63, 3.8) is 0 Å². The minimum absolute atomic E-state index is 0.106. The van der Waals surface area contributed by atoms with Crippen LogP contribution in [0.3, 0.4) is 0 Å². The average Bonchev–Trinajstić information content (AvgIpc) is 2.89. The maximum absolute atomic E-state index is 13.9. The van der Waals surface area contributed by atoms with Gasteiger partial charge >= 0.3 is 0 Å². The normalized spacial score (nSPS) is 12.4. The van der Waals surface area contributed by atoms with Gasteiger partial charge in [-0.15, -0.1) is 0 Å². The highest BCUT2D eigenvalue weighted by molar-refractivity contribution is 7.91. The van der Waals surface area contributed by atoms with E-state index in [0.717, 1.165) is 35.1 Å². The quantitative estimate of drug-likeness (QED) is 0.268. The van der Waals surface area contributed by atoms with Crippen molar-refractivity contribution in [3.8, 4) is 17.0 Å². The fourth-order valence-corrected chi connectivity index (χ4v) is 6.17. The number of hydrogen-bond donors (Lipinski definition) is 1. The van der Waals surface area contributed by atoms with E-state index in [1.807, 2.05) is 32.9 Å². The second-order valence-corrected chi connectivity index (χ2v) is 11.5. The molecule has 0 amide bonds. The van der Waals surface area contributed by atoms with Crippen molar-refractivity contribution in [2.45, 2.75) is 62.3 Å². The number of unbranched alkanes of at least 4 members (excludes halogenated alkanes) is 1. The second-order valence-electron chi connectivity index (χ2n) is 9.16. The van der Waals surface area contributed by atoms with Crippen molar-refractivity contribution < 1.29 is 13.5 Å². The molecule has 0 spiro atoms. The van der Waals surface area contributed by atoms with E-state index in [4.69, 9.17) is 11.6 Å². The smallest absolute Gasteiger partial charge is 0.277 e. The number of hydrogen-bond acceptors (Lipinski definition) is 6. The molecule has 9 heteroatoms. The first-order valence-electron chi connectivity index (χ1n) is 12.5. The van der Waals surface area contributed by atoms with Crippen molar-refractivity contribution >= 4 is 21.4 Å². The van der Waals surface area contributed by atoms with Crippen molar-refractivity contribution in [2.75, 3.05) is 0 Å². The highest BCUT2D eigenvalue weighted by Gasteiger charge is 2.31. The van der Waals surface area contributed by atoms with E-state index in [0.29, 0.717) is 23.7 Å². The van der Waals surface area contributed by atoms with Gasteiger partial charge in [0.15, 0.2) is 4.90 Å². The van der Waals surface area contributed by atoms with Gasteiger partial charge in [-0.1, -0.05) is 56.1 Å². The summed E-state index contributed by atoms with van der Waals surface area (Å²) >= 11 is 6.23. The Kier molecular flexibility index (Phi) is 8.33. The third kappa shape index (κ3) is 5.37. The van der Waals surface area contributed by atoms with Gasteiger partial charge in [-0.2, -0.15) is 4.98 Å². The monoisotopic (exact) mass is 551 g/mol. The molecule has 4 rings (SSSR count). The van der Waals surface area contributed by atoms with Crippen LogP contribution in [-0.2, 0) is 16.3 Å². The van der Waals surface area contributed by atoms with Gasteiger partial charge in [0.1, 0.15) is 5.82 Å². The molecule has 0 fully saturated rings. The third-order valence-electron chi connectivity index (χ3n) is 6.58. The summed E-state index contributed by atoms with van der Waals surface area (Å²) in [5.41, 5.74) is 2.63. The second kappa shape index (κ2) is 11.5. The minimum Gasteiger partial charge on any atom is -0.492 e. The zero-order chi connectivity index (χ0) is 27.4. The van der Waals surface area contributed by atoms with Crippen LogP contribution in [0.5, 0.6) is 5.88 Å². The molecule has 1 atom stereocenters. The van der Waals surface area contributed by atoms with E-state index in [-0.39, 0.29) is 4.90 Å². The van der Waals surface area contributed by atoms with Crippen molar-refractivity contribution in [1.82, 2.24) is 14.5 Å². The van der Waals surface area contributed by atoms with Gasteiger partial charge in [0.25, 0.3) is 5.56 Å². The number of benzene rings is 2. The highest BCUT2D eigenvalue weighted by atomic mass is 35.5. The molecule has 1 unspecified atom stereocenters. The Labute approximate surface area is 227 Å². The molecule has 4 aromatic rings. The fraction of sp³-hybridized carbons (Fsp3) is 0.276. The molecule has 0 bridgehead atoms. The molecule has 0 aliphatic carbocycles. The molecule has 2 heterocycles. The van der Waals surface area contributed by atoms with E-state index in [2.05, 4.69) is 9.97 Å². The third-order valence-corrected chi connectivity index (χ3v) is 8.60. The Balaban J connectivity index is 1.87. The standard InChI is InChI=1S/C29H30ClN3O4S/c1-4-6-10-26-32-28(34)27(29(35)33(26)25(5-2)21-8-7-9-22(30)17-21)38(36,37)23-13-11-20(12-14-23)24-15-16-31-18-19(24)3/h7-9,11-18,25,34H,4-6,10H2,1-3H3. The van der Waals surface area contributed by atoms with Gasteiger partial charge in [-0.25, -0.2) is 8.42 Å². The molecular weight excluding hydrogens is 522 g/mol. The molecule has 7 nitrogen and oxygen atoms in total. The Morgan fingerprint density at radius 1 is 1.08 bits per heavy atom. The van der Waals surface area contributed by atoms with Crippen LogP contribution in [0.2, 0.25) is 5.02 Å². The number of halogens is 1. The molecule has 0 saturated carbocycles. The van der Waals surface area contributed by atoms with Gasteiger partial charge in [-0.3, -0.25) is 14.3 Å². The number of aromatic nitrogens is 3. The molecule has 0 aliphatic rings. The molecule has 0 aliphatic heterocycles. The summed E-state index contributed by atoms with van der Waals surface area (Å²) in [6.45, 7) is 5.83. The van der Waals surface area contributed by atoms with Crippen LogP contribution in [0, 0.1) is 6.92 Å². The number of rotatable bonds is 9. The van der Waals surface area contributed by atoms with Crippen LogP contribution in [0.15, 0.2) is 81.6 Å². The zero-order valence-electron chi connectivity index (χ0n) is 21.6. The first-order chi connectivity index (χ1) is 18.2. The molecule has 0 saturated heterocycles. The first-order valence-corrected chi connectivity index (χ1v) is 14.4. The zero-order valence-corrected chi connectivity index (χ0v) is 23.1. The van der Waals surface area contributed by atoms with Crippen LogP contribution >= 0.6 is 11.6 Å². The fourth-order valence-electron chi connectivity index (χ4n) is 4.63. The molecule has 1 N–H and O–H groups in total. The summed E-state index contributed by atoms with van der Waals surface area (Å²) in [4.78, 5) is 21.4. The summed E-state index contributed by atoms with van der Waals surface area (Å²) in [6.07, 6.45) is 5.87. The lowest BCUT2D eigenvalue weighted by atomic mass is 10.0. The number of sulfone groups is 1. The summed E-state index contributed by atoms with van der Waals surface area (Å²) in [7, 11) is -4.39. The van der Waals surface area contributed by atoms with Crippen LogP contribution in [0.1, 0.15) is 56.1 Å². The summed E-state index contributed by atoms with van der Waals surface area (Å²) in [6, 6.07) is 14.7. The summed E-state index contributed by atoms with van der Waals surface area (Å²) in [5.74, 6) is -0.448. The van der Waals surface area contributed by atoms with Gasteiger partial charge in [0, 0.05) is 23.8 Å². The van der Waals surface area contributed by atoms with E-state index in [9.17, 15) is 18.3 Å². The van der Waals surface area contributed by atoms with Gasteiger partial charge in [0.05, 0.1) is 10.9 Å². The molecular formula is C29H30ClN3O4S. The van der Waals surface area contributed by atoms with Crippen molar-refractivity contribution in [2.24, 2.45) is 0 Å². The van der Waals surface area contributed by atoms with Crippen LogP contribution < -0.4 is 5.56 Å². The van der Waals surface area contributed by atoms with Gasteiger partial charge in [0.2, 0.25) is 15.7 Å². The van der Waals surface area contributed by atoms with Gasteiger partial charge < -0.3 is 5.11 Å². The van der Waals surface area contributed by atoms with Crippen molar-refractivity contribution in [3.05, 3.63) is 99.3 Å². The lowest BCUT2D eigenvalue weighted by molar-refractivity contribution is 0.406. The SMILES string of the molecule is CCCCc1nc(O)c(S(=O)(=O)c2ccc(-c3ccncc3C)cc2)c(=O)n1C(CC)c1cccc(Cl)c1. The molecule has 38 heavy (non-hydrogen) atoms. The van der Waals surface area contributed by atoms with E-state index < -0.39 is 32.2 Å². The van der Waals surface area contributed by atoms with E-state index in [1.54, 1.807) is 42.7 Å². The Bertz CT molecular complexity index is 1620. The largest absolute Gasteiger partial charge is 0.492 e. The Morgan fingerprint density at radius 3 is 2.45 bits per heavy atom. The lowest BCUT2D eigenvalue weighted by Crippen LogP contribution is -2.33. The average molecular weight is 552 g/mol. The molecule has 2 aromatic carbocycles. The van der Waals surface area contributed by atoms with Gasteiger partial charge in [-0.05, 0) is 72.4 Å². The number of aryl methyl sites for hydroxylation is 2. The summed E-state index contributed by atoms with van der Waals surface area (Å²) < 4.78 is 28.9. The van der Waals surface area contributed by atoms with Crippen LogP contribution in [-0.4, -0.2) is 28.1 Å².